The average Bonchev–Trinajstić information content (AvgIpc) is 2.32. The third-order valence-corrected chi connectivity index (χ3v) is 3.71. The Kier molecular flexibility index (Phi) is 12.2. The van der Waals surface area contributed by atoms with Gasteiger partial charge >= 0.3 is 0 Å². The zero-order chi connectivity index (χ0) is 12.2. The van der Waals surface area contributed by atoms with Gasteiger partial charge in [0.2, 0.25) is 0 Å². The number of rotatable bonds is 11. The first-order valence-corrected chi connectivity index (χ1v) is 7.91. The van der Waals surface area contributed by atoms with Gasteiger partial charge in [-0.25, -0.2) is 0 Å². The first kappa shape index (κ1) is 16.4. The third-order valence-electron chi connectivity index (χ3n) is 3.15. The van der Waals surface area contributed by atoms with Gasteiger partial charge in [-0.05, 0) is 58.5 Å². The molecule has 0 saturated carbocycles. The Balaban J connectivity index is 3.53. The van der Waals surface area contributed by atoms with Gasteiger partial charge in [0.15, 0.2) is 0 Å². The first-order valence-electron chi connectivity index (χ1n) is 6.79. The van der Waals surface area contributed by atoms with Crippen molar-refractivity contribution in [1.82, 2.24) is 9.80 Å². The van der Waals surface area contributed by atoms with Crippen molar-refractivity contribution >= 4 is 15.9 Å². The molecule has 16 heavy (non-hydrogen) atoms. The van der Waals surface area contributed by atoms with Crippen molar-refractivity contribution in [3.63, 3.8) is 0 Å². The summed E-state index contributed by atoms with van der Waals surface area (Å²) in [5, 5.41) is 1.14. The van der Waals surface area contributed by atoms with E-state index in [0.29, 0.717) is 0 Å². The standard InChI is InChI=1S/C13H29BrN2/c1-4-15(5-2)12-9-13-16(6-3)11-8-7-10-14/h4-13H2,1-3H3. The molecular weight excluding hydrogens is 264 g/mol. The highest BCUT2D eigenvalue weighted by Gasteiger charge is 2.03. The van der Waals surface area contributed by atoms with Crippen LogP contribution in [0, 0.1) is 0 Å². The van der Waals surface area contributed by atoms with E-state index in [0.717, 1.165) is 5.33 Å². The van der Waals surface area contributed by atoms with Crippen LogP contribution in [0.4, 0.5) is 0 Å². The number of unbranched alkanes of at least 4 members (excludes halogenated alkanes) is 1. The van der Waals surface area contributed by atoms with E-state index < -0.39 is 0 Å². The molecule has 2 nitrogen and oxygen atoms in total. The maximum absolute atomic E-state index is 3.49. The fourth-order valence-corrected chi connectivity index (χ4v) is 2.31. The molecule has 0 aromatic carbocycles. The minimum atomic E-state index is 1.14. The molecule has 3 heteroatoms. The lowest BCUT2D eigenvalue weighted by molar-refractivity contribution is 0.241. The van der Waals surface area contributed by atoms with Crippen LogP contribution in [-0.4, -0.2) is 54.4 Å². The van der Waals surface area contributed by atoms with Crippen LogP contribution in [-0.2, 0) is 0 Å². The molecular formula is C13H29BrN2. The van der Waals surface area contributed by atoms with E-state index >= 15 is 0 Å². The summed E-state index contributed by atoms with van der Waals surface area (Å²) >= 11 is 3.49. The van der Waals surface area contributed by atoms with Gasteiger partial charge in [-0.15, -0.1) is 0 Å². The topological polar surface area (TPSA) is 6.48 Å². The first-order chi connectivity index (χ1) is 7.78. The quantitative estimate of drug-likeness (QED) is 0.426. The molecule has 0 atom stereocenters. The molecule has 0 N–H and O–H groups in total. The Bertz CT molecular complexity index is 138. The van der Waals surface area contributed by atoms with Crippen molar-refractivity contribution in [3.8, 4) is 0 Å². The Morgan fingerprint density at radius 2 is 1.19 bits per heavy atom. The maximum atomic E-state index is 3.49. The zero-order valence-electron chi connectivity index (χ0n) is 11.3. The number of halogens is 1. The van der Waals surface area contributed by atoms with Crippen LogP contribution < -0.4 is 0 Å². The molecule has 0 heterocycles. The largest absolute Gasteiger partial charge is 0.304 e. The molecule has 0 radical (unpaired) electrons. The van der Waals surface area contributed by atoms with E-state index in [2.05, 4.69) is 46.5 Å². The summed E-state index contributed by atoms with van der Waals surface area (Å²) in [4.78, 5) is 5.08. The van der Waals surface area contributed by atoms with Crippen molar-refractivity contribution in [1.29, 1.82) is 0 Å². The molecule has 98 valence electrons. The second-order valence-electron chi connectivity index (χ2n) is 4.21. The summed E-state index contributed by atoms with van der Waals surface area (Å²) in [6.45, 7) is 14.1. The number of hydrogen-bond acceptors (Lipinski definition) is 2. The Morgan fingerprint density at radius 1 is 0.688 bits per heavy atom. The molecule has 0 saturated heterocycles. The minimum Gasteiger partial charge on any atom is -0.304 e. The SMILES string of the molecule is CCN(CC)CCCN(CC)CCCCBr. The zero-order valence-corrected chi connectivity index (χ0v) is 12.9. The van der Waals surface area contributed by atoms with Gasteiger partial charge in [0.25, 0.3) is 0 Å². The van der Waals surface area contributed by atoms with Gasteiger partial charge in [-0.1, -0.05) is 36.7 Å². The van der Waals surface area contributed by atoms with Gasteiger partial charge in [0.1, 0.15) is 0 Å². The fourth-order valence-electron chi connectivity index (χ4n) is 1.92. The summed E-state index contributed by atoms with van der Waals surface area (Å²) in [7, 11) is 0. The van der Waals surface area contributed by atoms with Crippen LogP contribution in [0.1, 0.15) is 40.0 Å². The summed E-state index contributed by atoms with van der Waals surface area (Å²) < 4.78 is 0. The van der Waals surface area contributed by atoms with E-state index in [1.807, 2.05) is 0 Å². The lowest BCUT2D eigenvalue weighted by atomic mass is 10.3. The third kappa shape index (κ3) is 8.54. The summed E-state index contributed by atoms with van der Waals surface area (Å²) in [5.74, 6) is 0. The van der Waals surface area contributed by atoms with Crippen LogP contribution in [0.5, 0.6) is 0 Å². The van der Waals surface area contributed by atoms with E-state index in [1.165, 1.54) is 58.5 Å². The van der Waals surface area contributed by atoms with E-state index in [-0.39, 0.29) is 0 Å². The molecule has 0 unspecified atom stereocenters. The highest BCUT2D eigenvalue weighted by Crippen LogP contribution is 2.00. The van der Waals surface area contributed by atoms with Crippen molar-refractivity contribution in [2.45, 2.75) is 40.0 Å². The number of nitrogens with zero attached hydrogens (tertiary/aromatic N) is 2. The molecule has 0 aromatic heterocycles. The number of alkyl halides is 1. The van der Waals surface area contributed by atoms with Gasteiger partial charge in [-0.3, -0.25) is 0 Å². The van der Waals surface area contributed by atoms with Crippen LogP contribution in [0.2, 0.25) is 0 Å². The van der Waals surface area contributed by atoms with E-state index in [9.17, 15) is 0 Å². The Hall–Kier alpha value is 0.400. The van der Waals surface area contributed by atoms with Crippen molar-refractivity contribution in [2.24, 2.45) is 0 Å². The lowest BCUT2D eigenvalue weighted by Crippen LogP contribution is -2.30. The molecule has 0 aromatic rings. The van der Waals surface area contributed by atoms with Crippen molar-refractivity contribution in [2.75, 3.05) is 44.6 Å². The van der Waals surface area contributed by atoms with Gasteiger partial charge in [0, 0.05) is 5.33 Å². The molecule has 0 fully saturated rings. The van der Waals surface area contributed by atoms with Crippen molar-refractivity contribution < 1.29 is 0 Å². The predicted molar refractivity (Wildman–Crippen MR) is 77.5 cm³/mol. The molecule has 0 amide bonds. The van der Waals surface area contributed by atoms with Crippen LogP contribution in [0.25, 0.3) is 0 Å². The van der Waals surface area contributed by atoms with E-state index in [4.69, 9.17) is 0 Å². The monoisotopic (exact) mass is 292 g/mol. The number of hydrogen-bond donors (Lipinski definition) is 0. The molecule has 0 bridgehead atoms. The second kappa shape index (κ2) is 11.9. The molecule has 0 aliphatic carbocycles. The highest BCUT2D eigenvalue weighted by molar-refractivity contribution is 9.09. The molecule has 0 spiro atoms. The van der Waals surface area contributed by atoms with Crippen molar-refractivity contribution in [3.05, 3.63) is 0 Å². The van der Waals surface area contributed by atoms with Crippen LogP contribution in [0.3, 0.4) is 0 Å². The smallest absolute Gasteiger partial charge is 0.00317 e. The normalized spacial score (nSPS) is 11.6. The fraction of sp³-hybridized carbons (Fsp3) is 1.00. The molecule has 0 aliphatic rings. The van der Waals surface area contributed by atoms with Gasteiger partial charge < -0.3 is 9.80 Å². The lowest BCUT2D eigenvalue weighted by Gasteiger charge is -2.23. The summed E-state index contributed by atoms with van der Waals surface area (Å²) in [5.41, 5.74) is 0. The predicted octanol–water partition coefficient (Wildman–Crippen LogP) is 3.22. The molecule has 0 aliphatic heterocycles. The second-order valence-corrected chi connectivity index (χ2v) is 5.00. The summed E-state index contributed by atoms with van der Waals surface area (Å²) in [6, 6.07) is 0. The van der Waals surface area contributed by atoms with Crippen LogP contribution >= 0.6 is 15.9 Å². The average molecular weight is 293 g/mol. The van der Waals surface area contributed by atoms with E-state index in [1.54, 1.807) is 0 Å². The summed E-state index contributed by atoms with van der Waals surface area (Å²) in [6.07, 6.45) is 3.93. The Labute approximate surface area is 111 Å². The maximum Gasteiger partial charge on any atom is 0.00317 e. The Morgan fingerprint density at radius 3 is 1.69 bits per heavy atom. The van der Waals surface area contributed by atoms with Gasteiger partial charge in [0.05, 0.1) is 0 Å². The van der Waals surface area contributed by atoms with Gasteiger partial charge in [-0.2, -0.15) is 0 Å². The minimum absolute atomic E-state index is 1.14. The van der Waals surface area contributed by atoms with Crippen LogP contribution in [0.15, 0.2) is 0 Å². The molecule has 0 rings (SSSR count). The highest BCUT2D eigenvalue weighted by atomic mass is 79.9.